The highest BCUT2D eigenvalue weighted by Gasteiger charge is 2.20. The van der Waals surface area contributed by atoms with Crippen LogP contribution in [0.5, 0.6) is 0 Å². The maximum Gasteiger partial charge on any atom is 0.254 e. The number of carbonyl (C=O) groups excluding carboxylic acids is 2. The Labute approximate surface area is 109 Å². The quantitative estimate of drug-likeness (QED) is 0.795. The van der Waals surface area contributed by atoms with Gasteiger partial charge in [0.25, 0.3) is 5.91 Å². The topological polar surface area (TPSA) is 72.2 Å². The molecule has 0 aliphatic rings. The Balaban J connectivity index is 2.87. The molecule has 0 radical (unpaired) electrons. The molecule has 0 heterocycles. The molecule has 1 aromatic rings. The van der Waals surface area contributed by atoms with Crippen LogP contribution in [0.2, 0.25) is 0 Å². The van der Waals surface area contributed by atoms with E-state index in [1.54, 1.807) is 6.92 Å². The van der Waals surface area contributed by atoms with Crippen molar-refractivity contribution >= 4 is 11.8 Å². The van der Waals surface area contributed by atoms with Gasteiger partial charge in [-0.05, 0) is 25.5 Å². The van der Waals surface area contributed by atoms with Crippen LogP contribution in [0.25, 0.3) is 0 Å². The third kappa shape index (κ3) is 4.17. The van der Waals surface area contributed by atoms with E-state index in [2.05, 4.69) is 11.9 Å². The van der Waals surface area contributed by atoms with Gasteiger partial charge in [0, 0.05) is 6.07 Å². The van der Waals surface area contributed by atoms with E-state index in [1.165, 1.54) is 0 Å². The highest BCUT2D eigenvalue weighted by Crippen LogP contribution is 2.10. The molecule has 102 valence electrons. The second kappa shape index (κ2) is 6.08. The maximum atomic E-state index is 13.4. The van der Waals surface area contributed by atoms with E-state index in [9.17, 15) is 18.4 Å². The predicted octanol–water partition coefficient (Wildman–Crippen LogP) is 1.51. The molecule has 1 atom stereocenters. The number of carbonyl (C=O) groups is 2. The van der Waals surface area contributed by atoms with Crippen molar-refractivity contribution in [2.45, 2.75) is 19.4 Å². The SMILES string of the molecule is C=C(C)C[C@H](NC(=O)c1ccc(F)cc1F)C(N)=O. The maximum absolute atomic E-state index is 13.4. The summed E-state index contributed by atoms with van der Waals surface area (Å²) in [4.78, 5) is 22.9. The molecule has 3 N–H and O–H groups in total. The van der Waals surface area contributed by atoms with Gasteiger partial charge in [-0.25, -0.2) is 8.78 Å². The minimum atomic E-state index is -1.00. The summed E-state index contributed by atoms with van der Waals surface area (Å²) in [5.74, 6) is -3.38. The Morgan fingerprint density at radius 3 is 2.53 bits per heavy atom. The Morgan fingerprint density at radius 2 is 2.05 bits per heavy atom. The molecule has 0 aromatic heterocycles. The van der Waals surface area contributed by atoms with Gasteiger partial charge in [-0.15, -0.1) is 6.58 Å². The standard InChI is InChI=1S/C13H14F2N2O2/c1-7(2)5-11(12(16)18)17-13(19)9-4-3-8(14)6-10(9)15/h3-4,6,11H,1,5H2,2H3,(H2,16,18)(H,17,19)/t11-/m0/s1. The minimum Gasteiger partial charge on any atom is -0.368 e. The van der Waals surface area contributed by atoms with Crippen molar-refractivity contribution in [2.75, 3.05) is 0 Å². The van der Waals surface area contributed by atoms with E-state index in [1.807, 2.05) is 0 Å². The third-order valence-electron chi connectivity index (χ3n) is 2.38. The van der Waals surface area contributed by atoms with Crippen molar-refractivity contribution in [3.63, 3.8) is 0 Å². The van der Waals surface area contributed by atoms with Crippen LogP contribution in [-0.2, 0) is 4.79 Å². The molecule has 0 saturated carbocycles. The van der Waals surface area contributed by atoms with E-state index in [0.29, 0.717) is 11.6 Å². The second-order valence-corrected chi connectivity index (χ2v) is 4.21. The van der Waals surface area contributed by atoms with E-state index < -0.39 is 29.5 Å². The van der Waals surface area contributed by atoms with Gasteiger partial charge in [0.1, 0.15) is 17.7 Å². The number of nitrogens with two attached hydrogens (primary N) is 1. The number of halogens is 2. The monoisotopic (exact) mass is 268 g/mol. The number of primary amides is 1. The van der Waals surface area contributed by atoms with Crippen LogP contribution in [-0.4, -0.2) is 17.9 Å². The number of nitrogens with one attached hydrogen (secondary N) is 1. The van der Waals surface area contributed by atoms with Crippen molar-refractivity contribution in [3.8, 4) is 0 Å². The molecular formula is C13H14F2N2O2. The predicted molar refractivity (Wildman–Crippen MR) is 66.2 cm³/mol. The van der Waals surface area contributed by atoms with Crippen molar-refractivity contribution in [2.24, 2.45) is 5.73 Å². The normalized spacial score (nSPS) is 11.7. The molecule has 0 aliphatic heterocycles. The average molecular weight is 268 g/mol. The molecule has 0 bridgehead atoms. The van der Waals surface area contributed by atoms with Crippen molar-refractivity contribution in [1.29, 1.82) is 0 Å². The fraction of sp³-hybridized carbons (Fsp3) is 0.231. The van der Waals surface area contributed by atoms with Gasteiger partial charge < -0.3 is 11.1 Å². The first-order valence-corrected chi connectivity index (χ1v) is 5.51. The number of hydrogen-bond donors (Lipinski definition) is 2. The van der Waals surface area contributed by atoms with Gasteiger partial charge in [0.2, 0.25) is 5.91 Å². The Hall–Kier alpha value is -2.24. The molecule has 0 saturated heterocycles. The van der Waals surface area contributed by atoms with Crippen LogP contribution in [0.1, 0.15) is 23.7 Å². The van der Waals surface area contributed by atoms with Crippen LogP contribution in [0.3, 0.4) is 0 Å². The van der Waals surface area contributed by atoms with Crippen LogP contribution in [0, 0.1) is 11.6 Å². The fourth-order valence-corrected chi connectivity index (χ4v) is 1.48. The summed E-state index contributed by atoms with van der Waals surface area (Å²) in [6, 6.07) is 1.57. The second-order valence-electron chi connectivity index (χ2n) is 4.21. The molecule has 0 unspecified atom stereocenters. The van der Waals surface area contributed by atoms with Gasteiger partial charge in [-0.3, -0.25) is 9.59 Å². The first kappa shape index (κ1) is 14.8. The lowest BCUT2D eigenvalue weighted by atomic mass is 10.1. The smallest absolute Gasteiger partial charge is 0.254 e. The van der Waals surface area contributed by atoms with Crippen LogP contribution < -0.4 is 11.1 Å². The Morgan fingerprint density at radius 1 is 1.42 bits per heavy atom. The molecule has 6 heteroatoms. The largest absolute Gasteiger partial charge is 0.368 e. The highest BCUT2D eigenvalue weighted by molar-refractivity contribution is 5.97. The molecular weight excluding hydrogens is 254 g/mol. The summed E-state index contributed by atoms with van der Waals surface area (Å²) in [7, 11) is 0. The van der Waals surface area contributed by atoms with Gasteiger partial charge in [0.15, 0.2) is 0 Å². The first-order valence-electron chi connectivity index (χ1n) is 5.51. The zero-order chi connectivity index (χ0) is 14.6. The Kier molecular flexibility index (Phi) is 4.74. The third-order valence-corrected chi connectivity index (χ3v) is 2.38. The molecule has 4 nitrogen and oxygen atoms in total. The zero-order valence-electron chi connectivity index (χ0n) is 10.4. The van der Waals surface area contributed by atoms with Crippen molar-refractivity contribution < 1.29 is 18.4 Å². The summed E-state index contributed by atoms with van der Waals surface area (Å²) >= 11 is 0. The number of amides is 2. The number of rotatable bonds is 5. The van der Waals surface area contributed by atoms with E-state index in [4.69, 9.17) is 5.73 Å². The molecule has 1 rings (SSSR count). The van der Waals surface area contributed by atoms with Crippen molar-refractivity contribution in [1.82, 2.24) is 5.32 Å². The molecule has 1 aromatic carbocycles. The molecule has 0 aliphatic carbocycles. The lowest BCUT2D eigenvalue weighted by molar-refractivity contribution is -0.119. The molecule has 2 amide bonds. The van der Waals surface area contributed by atoms with Gasteiger partial charge in [-0.1, -0.05) is 5.57 Å². The minimum absolute atomic E-state index is 0.157. The van der Waals surface area contributed by atoms with Crippen LogP contribution in [0.15, 0.2) is 30.4 Å². The molecule has 19 heavy (non-hydrogen) atoms. The van der Waals surface area contributed by atoms with Crippen molar-refractivity contribution in [3.05, 3.63) is 47.5 Å². The molecule has 0 fully saturated rings. The van der Waals surface area contributed by atoms with Gasteiger partial charge in [-0.2, -0.15) is 0 Å². The number of hydrogen-bond acceptors (Lipinski definition) is 2. The summed E-state index contributed by atoms with van der Waals surface area (Å²) < 4.78 is 26.1. The summed E-state index contributed by atoms with van der Waals surface area (Å²) in [5.41, 5.74) is 5.41. The average Bonchev–Trinajstić information content (AvgIpc) is 2.26. The lowest BCUT2D eigenvalue weighted by Gasteiger charge is -2.15. The fourth-order valence-electron chi connectivity index (χ4n) is 1.48. The Bertz CT molecular complexity index is 529. The van der Waals surface area contributed by atoms with Gasteiger partial charge in [0.05, 0.1) is 5.56 Å². The van der Waals surface area contributed by atoms with Crippen LogP contribution in [0.4, 0.5) is 8.78 Å². The van der Waals surface area contributed by atoms with E-state index in [-0.39, 0.29) is 12.0 Å². The summed E-state index contributed by atoms with van der Waals surface area (Å²) in [5, 5.41) is 2.29. The molecule has 0 spiro atoms. The summed E-state index contributed by atoms with van der Waals surface area (Å²) in [6.45, 7) is 5.27. The van der Waals surface area contributed by atoms with E-state index >= 15 is 0 Å². The summed E-state index contributed by atoms with van der Waals surface area (Å²) in [6.07, 6.45) is 0.157. The highest BCUT2D eigenvalue weighted by atomic mass is 19.1. The van der Waals surface area contributed by atoms with Gasteiger partial charge >= 0.3 is 0 Å². The first-order chi connectivity index (χ1) is 8.81. The number of benzene rings is 1. The lowest BCUT2D eigenvalue weighted by Crippen LogP contribution is -2.44. The van der Waals surface area contributed by atoms with Crippen LogP contribution >= 0.6 is 0 Å². The zero-order valence-corrected chi connectivity index (χ0v) is 10.4. The van der Waals surface area contributed by atoms with E-state index in [0.717, 1.165) is 12.1 Å².